The van der Waals surface area contributed by atoms with E-state index in [1.54, 1.807) is 0 Å². The average Bonchev–Trinajstić information content (AvgIpc) is 3.26. The Morgan fingerprint density at radius 3 is 2.36 bits per heavy atom. The third-order valence-electron chi connectivity index (χ3n) is 5.86. The second-order valence-electron chi connectivity index (χ2n) is 7.60. The fraction of sp³-hybridized carbons (Fsp3) is 0.667. The molecule has 138 valence electrons. The summed E-state index contributed by atoms with van der Waals surface area (Å²) in [6.07, 6.45) is 10.6. The Morgan fingerprint density at radius 2 is 1.72 bits per heavy atom. The van der Waals surface area contributed by atoms with E-state index in [1.165, 1.54) is 43.4 Å². The van der Waals surface area contributed by atoms with E-state index in [-0.39, 0.29) is 0 Å². The van der Waals surface area contributed by atoms with E-state index < -0.39 is 0 Å². The summed E-state index contributed by atoms with van der Waals surface area (Å²) in [5.41, 5.74) is 2.48. The minimum Gasteiger partial charge on any atom is -0.371 e. The van der Waals surface area contributed by atoms with Crippen LogP contribution in [0.25, 0.3) is 0 Å². The second kappa shape index (κ2) is 8.48. The third-order valence-corrected chi connectivity index (χ3v) is 7.22. The van der Waals surface area contributed by atoms with Crippen molar-refractivity contribution in [1.82, 2.24) is 9.80 Å². The Labute approximate surface area is 157 Å². The fourth-order valence-corrected chi connectivity index (χ4v) is 5.35. The van der Waals surface area contributed by atoms with Gasteiger partial charge in [0.05, 0.1) is 5.75 Å². The normalized spacial score (nSPS) is 27.1. The Balaban J connectivity index is 1.39. The Bertz CT molecular complexity index is 542. The van der Waals surface area contributed by atoms with Crippen molar-refractivity contribution < 1.29 is 4.79 Å². The van der Waals surface area contributed by atoms with Crippen LogP contribution in [-0.4, -0.2) is 52.9 Å². The first-order chi connectivity index (χ1) is 12.1. The molecule has 3 nitrogen and oxygen atoms in total. The van der Waals surface area contributed by atoms with Crippen LogP contribution in [-0.2, 0) is 4.79 Å². The molecule has 0 aromatic carbocycles. The van der Waals surface area contributed by atoms with E-state index in [2.05, 4.69) is 35.1 Å². The number of hydrogen-bond acceptors (Lipinski definition) is 3. The zero-order valence-corrected chi connectivity index (χ0v) is 16.4. The average molecular weight is 361 g/mol. The molecule has 1 heterocycles. The quantitative estimate of drug-likeness (QED) is 0.639. The van der Waals surface area contributed by atoms with E-state index in [9.17, 15) is 4.79 Å². The molecule has 0 aromatic heterocycles. The molecule has 0 aromatic rings. The molecule has 2 saturated carbocycles. The van der Waals surface area contributed by atoms with Gasteiger partial charge in [-0.25, -0.2) is 0 Å². The SMILES string of the molecule is C=C(/C=C\C)[C@H]1C[C@@H]1C(=C)N1CCN(C(=O)CSC2CCCC2)CC1. The van der Waals surface area contributed by atoms with Crippen LogP contribution in [0.4, 0.5) is 0 Å². The number of piperazine rings is 1. The van der Waals surface area contributed by atoms with Crippen molar-refractivity contribution in [3.05, 3.63) is 36.6 Å². The highest BCUT2D eigenvalue weighted by atomic mass is 32.2. The van der Waals surface area contributed by atoms with Gasteiger partial charge in [-0.05, 0) is 32.1 Å². The summed E-state index contributed by atoms with van der Waals surface area (Å²) < 4.78 is 0. The molecule has 3 aliphatic rings. The van der Waals surface area contributed by atoms with E-state index >= 15 is 0 Å². The van der Waals surface area contributed by atoms with Crippen molar-refractivity contribution in [3.8, 4) is 0 Å². The Kier molecular flexibility index (Phi) is 6.32. The highest BCUT2D eigenvalue weighted by molar-refractivity contribution is 8.00. The Hall–Kier alpha value is -1.16. The lowest BCUT2D eigenvalue weighted by atomic mass is 10.1. The van der Waals surface area contributed by atoms with Gasteiger partial charge < -0.3 is 9.80 Å². The van der Waals surface area contributed by atoms with Crippen LogP contribution >= 0.6 is 11.8 Å². The lowest BCUT2D eigenvalue weighted by molar-refractivity contribution is -0.129. The molecule has 3 rings (SSSR count). The molecule has 1 aliphatic heterocycles. The number of carbonyl (C=O) groups excluding carboxylic acids is 1. The van der Waals surface area contributed by atoms with Crippen LogP contribution in [0.5, 0.6) is 0 Å². The number of hydrogen-bond donors (Lipinski definition) is 0. The summed E-state index contributed by atoms with van der Waals surface area (Å²) in [6, 6.07) is 0. The minimum atomic E-state index is 0.327. The van der Waals surface area contributed by atoms with Crippen molar-refractivity contribution in [2.45, 2.75) is 44.3 Å². The van der Waals surface area contributed by atoms with Gasteiger partial charge in [0.25, 0.3) is 0 Å². The summed E-state index contributed by atoms with van der Waals surface area (Å²) in [6.45, 7) is 14.1. The molecule has 0 spiro atoms. The molecule has 2 aliphatic carbocycles. The summed E-state index contributed by atoms with van der Waals surface area (Å²) >= 11 is 1.88. The highest BCUT2D eigenvalue weighted by Crippen LogP contribution is 2.49. The van der Waals surface area contributed by atoms with Gasteiger partial charge in [-0.1, -0.05) is 43.7 Å². The van der Waals surface area contributed by atoms with Crippen molar-refractivity contribution in [1.29, 1.82) is 0 Å². The summed E-state index contributed by atoms with van der Waals surface area (Å²) in [4.78, 5) is 16.9. The number of nitrogens with zero attached hydrogens (tertiary/aromatic N) is 2. The monoisotopic (exact) mass is 360 g/mol. The maximum absolute atomic E-state index is 12.4. The molecule has 0 bridgehead atoms. The molecule has 0 N–H and O–H groups in total. The second-order valence-corrected chi connectivity index (χ2v) is 8.89. The zero-order chi connectivity index (χ0) is 17.8. The molecule has 2 atom stereocenters. The first kappa shape index (κ1) is 18.6. The summed E-state index contributed by atoms with van der Waals surface area (Å²) in [7, 11) is 0. The largest absolute Gasteiger partial charge is 0.371 e. The predicted octanol–water partition coefficient (Wildman–Crippen LogP) is 4.09. The number of amides is 1. The number of allylic oxidation sites excluding steroid dienone is 4. The van der Waals surface area contributed by atoms with Gasteiger partial charge in [-0.2, -0.15) is 0 Å². The molecule has 1 saturated heterocycles. The van der Waals surface area contributed by atoms with Crippen LogP contribution in [0, 0.1) is 11.8 Å². The standard InChI is InChI=1S/C21H32N2OS/c1-4-7-16(2)19-14-20(19)17(3)22-10-12-23(13-11-22)21(24)15-25-18-8-5-6-9-18/h4,7,18-20H,2-3,5-6,8-15H2,1H3/b7-4-/t19-,20-/m1/s1. The Morgan fingerprint density at radius 1 is 1.08 bits per heavy atom. The molecule has 0 radical (unpaired) electrons. The van der Waals surface area contributed by atoms with Crippen LogP contribution in [0.2, 0.25) is 0 Å². The molecule has 3 fully saturated rings. The molecule has 4 heteroatoms. The van der Waals surface area contributed by atoms with Gasteiger partial charge >= 0.3 is 0 Å². The lowest BCUT2D eigenvalue weighted by Gasteiger charge is -2.37. The first-order valence-corrected chi connectivity index (χ1v) is 10.8. The van der Waals surface area contributed by atoms with Gasteiger partial charge in [0.15, 0.2) is 0 Å². The van der Waals surface area contributed by atoms with E-state index in [1.807, 2.05) is 18.7 Å². The van der Waals surface area contributed by atoms with E-state index in [0.29, 0.717) is 23.5 Å². The lowest BCUT2D eigenvalue weighted by Crippen LogP contribution is -2.49. The van der Waals surface area contributed by atoms with Crippen molar-refractivity contribution >= 4 is 17.7 Å². The van der Waals surface area contributed by atoms with Crippen LogP contribution in [0.15, 0.2) is 36.6 Å². The van der Waals surface area contributed by atoms with Gasteiger partial charge in [0.2, 0.25) is 5.91 Å². The number of thioether (sulfide) groups is 1. The number of rotatable bonds is 7. The van der Waals surface area contributed by atoms with Crippen LogP contribution in [0.1, 0.15) is 39.0 Å². The van der Waals surface area contributed by atoms with Gasteiger partial charge in [0, 0.05) is 43.0 Å². The van der Waals surface area contributed by atoms with Gasteiger partial charge in [-0.3, -0.25) is 4.79 Å². The maximum atomic E-state index is 12.4. The highest BCUT2D eigenvalue weighted by Gasteiger charge is 2.42. The van der Waals surface area contributed by atoms with Crippen LogP contribution < -0.4 is 0 Å². The molecule has 0 unspecified atom stereocenters. The molecule has 1 amide bonds. The molecule has 25 heavy (non-hydrogen) atoms. The number of carbonyl (C=O) groups is 1. The van der Waals surface area contributed by atoms with E-state index in [0.717, 1.165) is 31.4 Å². The van der Waals surface area contributed by atoms with Crippen molar-refractivity contribution in [2.24, 2.45) is 11.8 Å². The third kappa shape index (κ3) is 4.72. The topological polar surface area (TPSA) is 23.6 Å². The van der Waals surface area contributed by atoms with Crippen molar-refractivity contribution in [2.75, 3.05) is 31.9 Å². The van der Waals surface area contributed by atoms with E-state index in [4.69, 9.17) is 0 Å². The molecular weight excluding hydrogens is 328 g/mol. The van der Waals surface area contributed by atoms with Gasteiger partial charge in [0.1, 0.15) is 0 Å². The summed E-state index contributed by atoms with van der Waals surface area (Å²) in [5.74, 6) is 2.13. The first-order valence-electron chi connectivity index (χ1n) is 9.74. The molecular formula is C21H32N2OS. The van der Waals surface area contributed by atoms with Crippen LogP contribution in [0.3, 0.4) is 0 Å². The zero-order valence-electron chi connectivity index (χ0n) is 15.6. The predicted molar refractivity (Wildman–Crippen MR) is 108 cm³/mol. The fourth-order valence-electron chi connectivity index (χ4n) is 4.12. The smallest absolute Gasteiger partial charge is 0.232 e. The van der Waals surface area contributed by atoms with Gasteiger partial charge in [-0.15, -0.1) is 11.8 Å². The van der Waals surface area contributed by atoms with Crippen molar-refractivity contribution in [3.63, 3.8) is 0 Å². The minimum absolute atomic E-state index is 0.327. The maximum Gasteiger partial charge on any atom is 0.232 e. The summed E-state index contributed by atoms with van der Waals surface area (Å²) in [5, 5.41) is 0.724.